The van der Waals surface area contributed by atoms with Crippen LogP contribution in [0.25, 0.3) is 11.0 Å². The largest absolute Gasteiger partial charge is 0.363 e. The van der Waals surface area contributed by atoms with Crippen molar-refractivity contribution in [2.75, 3.05) is 5.32 Å². The number of H-pyrrole nitrogens is 1. The molecule has 4 heteroatoms. The molecule has 0 saturated carbocycles. The first-order chi connectivity index (χ1) is 9.66. The summed E-state index contributed by atoms with van der Waals surface area (Å²) in [4.78, 5) is 12.0. The van der Waals surface area contributed by atoms with Crippen molar-refractivity contribution in [1.82, 2.24) is 15.0 Å². The highest BCUT2D eigenvalue weighted by Gasteiger charge is 2.13. The summed E-state index contributed by atoms with van der Waals surface area (Å²) < 4.78 is 0. The predicted molar refractivity (Wildman–Crippen MR) is 81.8 cm³/mol. The van der Waals surface area contributed by atoms with Crippen molar-refractivity contribution >= 4 is 16.9 Å². The second kappa shape index (κ2) is 4.96. The highest BCUT2D eigenvalue weighted by Crippen LogP contribution is 2.28. The van der Waals surface area contributed by atoms with Gasteiger partial charge in [0.05, 0.1) is 5.39 Å². The fraction of sp³-hybridized carbons (Fsp3) is 0.250. The van der Waals surface area contributed by atoms with Crippen LogP contribution in [0.5, 0.6) is 0 Å². The summed E-state index contributed by atoms with van der Waals surface area (Å²) in [6.07, 6.45) is 1.60. The van der Waals surface area contributed by atoms with E-state index in [1.54, 1.807) is 6.33 Å². The molecule has 0 aliphatic heterocycles. The van der Waals surface area contributed by atoms with E-state index in [-0.39, 0.29) is 6.04 Å². The van der Waals surface area contributed by atoms with Crippen molar-refractivity contribution in [3.05, 3.63) is 53.5 Å². The zero-order valence-electron chi connectivity index (χ0n) is 11.9. The van der Waals surface area contributed by atoms with Gasteiger partial charge in [-0.15, -0.1) is 0 Å². The number of aromatic nitrogens is 3. The first-order valence-electron chi connectivity index (χ1n) is 6.78. The number of hydrogen-bond acceptors (Lipinski definition) is 3. The third kappa shape index (κ3) is 2.13. The average molecular weight is 266 g/mol. The van der Waals surface area contributed by atoms with E-state index in [1.165, 1.54) is 11.1 Å². The number of nitrogens with one attached hydrogen (secondary N) is 2. The molecule has 0 amide bonds. The Balaban J connectivity index is 1.99. The SMILES string of the molecule is Cc1[nH]c2ncnc(N[C@H](C)c3ccccc3)c2c1C. The smallest absolute Gasteiger partial charge is 0.143 e. The molecule has 3 aromatic rings. The van der Waals surface area contributed by atoms with Crippen LogP contribution >= 0.6 is 0 Å². The Hall–Kier alpha value is -2.36. The van der Waals surface area contributed by atoms with Crippen molar-refractivity contribution < 1.29 is 0 Å². The quantitative estimate of drug-likeness (QED) is 0.759. The van der Waals surface area contributed by atoms with Crippen molar-refractivity contribution in [1.29, 1.82) is 0 Å². The fourth-order valence-electron chi connectivity index (χ4n) is 2.43. The first-order valence-corrected chi connectivity index (χ1v) is 6.78. The molecule has 4 nitrogen and oxygen atoms in total. The number of nitrogens with zero attached hydrogens (tertiary/aromatic N) is 2. The Labute approximate surface area is 118 Å². The Morgan fingerprint density at radius 3 is 2.60 bits per heavy atom. The molecule has 0 aliphatic carbocycles. The zero-order chi connectivity index (χ0) is 14.1. The number of aryl methyl sites for hydroxylation is 2. The van der Waals surface area contributed by atoms with E-state index >= 15 is 0 Å². The van der Waals surface area contributed by atoms with E-state index in [4.69, 9.17) is 0 Å². The monoisotopic (exact) mass is 266 g/mol. The zero-order valence-corrected chi connectivity index (χ0v) is 11.9. The van der Waals surface area contributed by atoms with Crippen molar-refractivity contribution in [3.63, 3.8) is 0 Å². The molecule has 0 fully saturated rings. The molecule has 2 N–H and O–H groups in total. The molecule has 2 heterocycles. The van der Waals surface area contributed by atoms with E-state index in [0.29, 0.717) is 0 Å². The van der Waals surface area contributed by atoms with Gasteiger partial charge < -0.3 is 10.3 Å². The minimum Gasteiger partial charge on any atom is -0.363 e. The maximum absolute atomic E-state index is 4.40. The van der Waals surface area contributed by atoms with Crippen LogP contribution in [0.3, 0.4) is 0 Å². The van der Waals surface area contributed by atoms with Gasteiger partial charge in [-0.25, -0.2) is 9.97 Å². The van der Waals surface area contributed by atoms with E-state index in [2.05, 4.69) is 65.3 Å². The molecule has 102 valence electrons. The number of hydrogen-bond donors (Lipinski definition) is 2. The lowest BCUT2D eigenvalue weighted by molar-refractivity contribution is 0.875. The summed E-state index contributed by atoms with van der Waals surface area (Å²) in [5.74, 6) is 0.883. The lowest BCUT2D eigenvalue weighted by atomic mass is 10.1. The van der Waals surface area contributed by atoms with Crippen LogP contribution < -0.4 is 5.32 Å². The average Bonchev–Trinajstić information content (AvgIpc) is 2.76. The highest BCUT2D eigenvalue weighted by molar-refractivity contribution is 5.91. The number of anilines is 1. The Bertz CT molecular complexity index is 731. The molecule has 1 atom stereocenters. The highest BCUT2D eigenvalue weighted by atomic mass is 15.1. The van der Waals surface area contributed by atoms with Crippen LogP contribution in [0.4, 0.5) is 5.82 Å². The molecule has 1 aromatic carbocycles. The molecule has 0 spiro atoms. The number of fused-ring (bicyclic) bond motifs is 1. The van der Waals surface area contributed by atoms with Gasteiger partial charge in [0.2, 0.25) is 0 Å². The van der Waals surface area contributed by atoms with E-state index < -0.39 is 0 Å². The van der Waals surface area contributed by atoms with Crippen molar-refractivity contribution in [2.24, 2.45) is 0 Å². The van der Waals surface area contributed by atoms with Gasteiger partial charge >= 0.3 is 0 Å². The maximum Gasteiger partial charge on any atom is 0.143 e. The lowest BCUT2D eigenvalue weighted by Gasteiger charge is -2.15. The number of rotatable bonds is 3. The number of aromatic amines is 1. The standard InChI is InChI=1S/C16H18N4/c1-10-11(2)19-15-14(10)16(18-9-17-15)20-12(3)13-7-5-4-6-8-13/h4-9,12H,1-3H3,(H2,17,18,19,20)/t12-/m1/s1. The molecule has 0 aliphatic rings. The molecule has 2 aromatic heterocycles. The molecule has 3 rings (SSSR count). The minimum absolute atomic E-state index is 0.198. The van der Waals surface area contributed by atoms with Gasteiger partial charge in [0, 0.05) is 11.7 Å². The summed E-state index contributed by atoms with van der Waals surface area (Å²) >= 11 is 0. The fourth-order valence-corrected chi connectivity index (χ4v) is 2.43. The summed E-state index contributed by atoms with van der Waals surface area (Å²) in [7, 11) is 0. The van der Waals surface area contributed by atoms with E-state index in [1.807, 2.05) is 6.07 Å². The topological polar surface area (TPSA) is 53.6 Å². The molecular weight excluding hydrogens is 248 g/mol. The lowest BCUT2D eigenvalue weighted by Crippen LogP contribution is -2.08. The summed E-state index contributed by atoms with van der Waals surface area (Å²) in [6, 6.07) is 10.6. The Morgan fingerprint density at radius 1 is 1.10 bits per heavy atom. The second-order valence-electron chi connectivity index (χ2n) is 5.10. The van der Waals surface area contributed by atoms with Crippen LogP contribution in [0.15, 0.2) is 36.7 Å². The molecular formula is C16H18N4. The molecule has 0 unspecified atom stereocenters. The molecule has 0 bridgehead atoms. The van der Waals surface area contributed by atoms with E-state index in [9.17, 15) is 0 Å². The van der Waals surface area contributed by atoms with Gasteiger partial charge in [-0.05, 0) is 31.9 Å². The van der Waals surface area contributed by atoms with Crippen molar-refractivity contribution in [2.45, 2.75) is 26.8 Å². The van der Waals surface area contributed by atoms with Gasteiger partial charge in [-0.2, -0.15) is 0 Å². The first kappa shape index (κ1) is 12.7. The molecule has 20 heavy (non-hydrogen) atoms. The van der Waals surface area contributed by atoms with Crippen LogP contribution in [0.1, 0.15) is 29.8 Å². The number of benzene rings is 1. The Kier molecular flexibility index (Phi) is 3.14. The third-order valence-electron chi connectivity index (χ3n) is 3.74. The van der Waals surface area contributed by atoms with Gasteiger partial charge in [0.15, 0.2) is 0 Å². The normalized spacial score (nSPS) is 12.6. The second-order valence-corrected chi connectivity index (χ2v) is 5.10. The van der Waals surface area contributed by atoms with Gasteiger partial charge in [-0.3, -0.25) is 0 Å². The van der Waals surface area contributed by atoms with Crippen LogP contribution in [-0.2, 0) is 0 Å². The molecule has 0 saturated heterocycles. The van der Waals surface area contributed by atoms with Gasteiger partial charge in [0.25, 0.3) is 0 Å². The van der Waals surface area contributed by atoms with Crippen molar-refractivity contribution in [3.8, 4) is 0 Å². The maximum atomic E-state index is 4.40. The van der Waals surface area contributed by atoms with E-state index in [0.717, 1.165) is 22.5 Å². The summed E-state index contributed by atoms with van der Waals surface area (Å²) in [5, 5.41) is 4.56. The molecule has 0 radical (unpaired) electrons. The van der Waals surface area contributed by atoms with Gasteiger partial charge in [0.1, 0.15) is 17.8 Å². The van der Waals surface area contributed by atoms with Crippen LogP contribution in [-0.4, -0.2) is 15.0 Å². The minimum atomic E-state index is 0.198. The van der Waals surface area contributed by atoms with Crippen LogP contribution in [0.2, 0.25) is 0 Å². The van der Waals surface area contributed by atoms with Crippen LogP contribution in [0, 0.1) is 13.8 Å². The predicted octanol–water partition coefficient (Wildman–Crippen LogP) is 3.75. The van der Waals surface area contributed by atoms with Gasteiger partial charge in [-0.1, -0.05) is 30.3 Å². The third-order valence-corrected chi connectivity index (χ3v) is 3.74. The summed E-state index contributed by atoms with van der Waals surface area (Å²) in [5.41, 5.74) is 4.46. The Morgan fingerprint density at radius 2 is 1.85 bits per heavy atom. The summed E-state index contributed by atoms with van der Waals surface area (Å²) in [6.45, 7) is 6.29.